The molecule has 0 aliphatic carbocycles. The van der Waals surface area contributed by atoms with Crippen molar-refractivity contribution in [2.24, 2.45) is 0 Å². The van der Waals surface area contributed by atoms with Crippen molar-refractivity contribution in [1.29, 1.82) is 0 Å². The highest BCUT2D eigenvalue weighted by Crippen LogP contribution is 2.31. The van der Waals surface area contributed by atoms with E-state index in [0.29, 0.717) is 21.7 Å². The zero-order valence-electron chi connectivity index (χ0n) is 10.2. The first-order valence-electron chi connectivity index (χ1n) is 5.81. The summed E-state index contributed by atoms with van der Waals surface area (Å²) in [5, 5.41) is 0.480. The van der Waals surface area contributed by atoms with Gasteiger partial charge in [0.2, 0.25) is 0 Å². The summed E-state index contributed by atoms with van der Waals surface area (Å²) in [5.74, 6) is -0.624. The molecule has 0 fully saturated rings. The van der Waals surface area contributed by atoms with Crippen molar-refractivity contribution in [3.63, 3.8) is 0 Å². The normalized spacial score (nSPS) is 10.2. The van der Waals surface area contributed by atoms with Crippen LogP contribution in [0.5, 0.6) is 0 Å². The topological polar surface area (TPSA) is 17.1 Å². The molecular formula is C16H12ClFO. The van der Waals surface area contributed by atoms with E-state index in [0.717, 1.165) is 0 Å². The Balaban J connectivity index is 2.49. The van der Waals surface area contributed by atoms with E-state index in [9.17, 15) is 9.18 Å². The highest BCUT2D eigenvalue weighted by molar-refractivity contribution is 6.33. The molecule has 0 spiro atoms. The van der Waals surface area contributed by atoms with Crippen molar-refractivity contribution in [3.05, 3.63) is 71.5 Å². The Labute approximate surface area is 116 Å². The minimum atomic E-state index is -0.411. The number of carbonyl (C=O) groups excluding carboxylic acids is 1. The summed E-state index contributed by atoms with van der Waals surface area (Å²) in [5.41, 5.74) is 1.37. The first kappa shape index (κ1) is 13.5. The van der Waals surface area contributed by atoms with Crippen LogP contribution in [-0.4, -0.2) is 5.78 Å². The lowest BCUT2D eigenvalue weighted by molar-refractivity contribution is -0.114. The Morgan fingerprint density at radius 1 is 1.16 bits per heavy atom. The molecule has 0 N–H and O–H groups in total. The van der Waals surface area contributed by atoms with Gasteiger partial charge in [-0.1, -0.05) is 54.6 Å². The average molecular weight is 275 g/mol. The summed E-state index contributed by atoms with van der Waals surface area (Å²) in [4.78, 5) is 11.3. The second-order valence-electron chi connectivity index (χ2n) is 4.11. The molecule has 0 bridgehead atoms. The molecule has 2 aromatic carbocycles. The smallest absolute Gasteiger partial charge is 0.159 e. The first-order chi connectivity index (χ1) is 9.13. The fraction of sp³-hybridized carbons (Fsp3) is 0.0625. The van der Waals surface area contributed by atoms with Gasteiger partial charge >= 0.3 is 0 Å². The number of benzene rings is 2. The summed E-state index contributed by atoms with van der Waals surface area (Å²) in [7, 11) is 0. The summed E-state index contributed by atoms with van der Waals surface area (Å²) < 4.78 is 14.4. The van der Waals surface area contributed by atoms with Gasteiger partial charge in [-0.25, -0.2) is 4.39 Å². The third-order valence-corrected chi connectivity index (χ3v) is 3.16. The maximum absolute atomic E-state index is 14.4. The van der Waals surface area contributed by atoms with Crippen molar-refractivity contribution < 1.29 is 9.18 Å². The number of rotatable bonds is 4. The minimum absolute atomic E-state index is 0.00757. The van der Waals surface area contributed by atoms with Gasteiger partial charge in [0, 0.05) is 22.6 Å². The zero-order valence-corrected chi connectivity index (χ0v) is 11.0. The van der Waals surface area contributed by atoms with Gasteiger partial charge in [-0.3, -0.25) is 4.79 Å². The number of carbonyl (C=O) groups is 1. The molecule has 0 aliphatic rings. The van der Waals surface area contributed by atoms with E-state index < -0.39 is 5.82 Å². The molecule has 0 heterocycles. The third-order valence-electron chi connectivity index (χ3n) is 2.84. The van der Waals surface area contributed by atoms with Crippen LogP contribution in [0.3, 0.4) is 0 Å². The molecule has 0 radical (unpaired) electrons. The summed E-state index contributed by atoms with van der Waals surface area (Å²) >= 11 is 6.07. The van der Waals surface area contributed by atoms with Gasteiger partial charge in [-0.15, -0.1) is 0 Å². The van der Waals surface area contributed by atoms with E-state index in [1.165, 1.54) is 6.08 Å². The Bertz CT molecular complexity index is 634. The number of allylic oxidation sites excluding steroid dienone is 1. The minimum Gasteiger partial charge on any atom is -0.295 e. The standard InChI is InChI=1S/C16H12ClFO/c1-2-12(19)10-11-6-5-8-14(16(11)18)13-7-3-4-9-15(13)17/h2-9H,1,10H2. The highest BCUT2D eigenvalue weighted by atomic mass is 35.5. The lowest BCUT2D eigenvalue weighted by atomic mass is 9.99. The van der Waals surface area contributed by atoms with E-state index in [-0.39, 0.29) is 12.2 Å². The van der Waals surface area contributed by atoms with Crippen LogP contribution in [-0.2, 0) is 11.2 Å². The van der Waals surface area contributed by atoms with E-state index >= 15 is 0 Å². The van der Waals surface area contributed by atoms with Crippen molar-refractivity contribution in [1.82, 2.24) is 0 Å². The zero-order chi connectivity index (χ0) is 13.8. The van der Waals surface area contributed by atoms with Gasteiger partial charge < -0.3 is 0 Å². The molecule has 96 valence electrons. The number of halogens is 2. The van der Waals surface area contributed by atoms with Gasteiger partial charge in [0.05, 0.1) is 0 Å². The first-order valence-corrected chi connectivity index (χ1v) is 6.19. The van der Waals surface area contributed by atoms with Crippen LogP contribution < -0.4 is 0 Å². The van der Waals surface area contributed by atoms with E-state index in [4.69, 9.17) is 11.6 Å². The van der Waals surface area contributed by atoms with Crippen molar-refractivity contribution in [2.45, 2.75) is 6.42 Å². The molecular weight excluding hydrogens is 263 g/mol. The summed E-state index contributed by atoms with van der Waals surface area (Å²) in [6.07, 6.45) is 1.20. The Hall–Kier alpha value is -1.93. The maximum atomic E-state index is 14.4. The molecule has 0 saturated heterocycles. The maximum Gasteiger partial charge on any atom is 0.159 e. The average Bonchev–Trinajstić information content (AvgIpc) is 2.42. The second-order valence-corrected chi connectivity index (χ2v) is 4.51. The molecule has 0 aromatic heterocycles. The number of ketones is 1. The Morgan fingerprint density at radius 2 is 1.84 bits per heavy atom. The predicted molar refractivity (Wildman–Crippen MR) is 75.8 cm³/mol. The van der Waals surface area contributed by atoms with Gasteiger partial charge in [0.25, 0.3) is 0 Å². The predicted octanol–water partition coefficient (Wildman–Crippen LogP) is 4.44. The molecule has 0 amide bonds. The van der Waals surface area contributed by atoms with Gasteiger partial charge in [0.15, 0.2) is 5.78 Å². The van der Waals surface area contributed by atoms with Crippen LogP contribution >= 0.6 is 11.6 Å². The third kappa shape index (κ3) is 2.91. The molecule has 2 rings (SSSR count). The molecule has 3 heteroatoms. The van der Waals surface area contributed by atoms with Crippen LogP contribution in [0.1, 0.15) is 5.56 Å². The Morgan fingerprint density at radius 3 is 2.53 bits per heavy atom. The van der Waals surface area contributed by atoms with Crippen LogP contribution in [0.15, 0.2) is 55.1 Å². The van der Waals surface area contributed by atoms with Crippen LogP contribution in [0, 0.1) is 5.82 Å². The van der Waals surface area contributed by atoms with Gasteiger partial charge in [0.1, 0.15) is 5.82 Å². The molecule has 0 unspecified atom stereocenters. The summed E-state index contributed by atoms with van der Waals surface area (Å²) in [6.45, 7) is 3.39. The Kier molecular flexibility index (Phi) is 4.13. The largest absolute Gasteiger partial charge is 0.295 e. The van der Waals surface area contributed by atoms with Crippen LogP contribution in [0.25, 0.3) is 11.1 Å². The molecule has 19 heavy (non-hydrogen) atoms. The molecule has 2 aromatic rings. The second kappa shape index (κ2) is 5.81. The van der Waals surface area contributed by atoms with Gasteiger partial charge in [-0.2, -0.15) is 0 Å². The number of hydrogen-bond donors (Lipinski definition) is 0. The van der Waals surface area contributed by atoms with Crippen molar-refractivity contribution >= 4 is 17.4 Å². The van der Waals surface area contributed by atoms with Gasteiger partial charge in [-0.05, 0) is 17.7 Å². The highest BCUT2D eigenvalue weighted by Gasteiger charge is 2.13. The SMILES string of the molecule is C=CC(=O)Cc1cccc(-c2ccccc2Cl)c1F. The molecule has 0 aliphatic heterocycles. The van der Waals surface area contributed by atoms with Crippen molar-refractivity contribution in [2.75, 3.05) is 0 Å². The monoisotopic (exact) mass is 274 g/mol. The fourth-order valence-electron chi connectivity index (χ4n) is 1.86. The van der Waals surface area contributed by atoms with E-state index in [2.05, 4.69) is 6.58 Å². The molecule has 0 saturated carbocycles. The van der Waals surface area contributed by atoms with Crippen LogP contribution in [0.4, 0.5) is 4.39 Å². The molecule has 0 atom stereocenters. The quantitative estimate of drug-likeness (QED) is 0.753. The van der Waals surface area contributed by atoms with E-state index in [1.807, 2.05) is 0 Å². The van der Waals surface area contributed by atoms with Crippen molar-refractivity contribution in [3.8, 4) is 11.1 Å². The lowest BCUT2D eigenvalue weighted by Gasteiger charge is -2.09. The van der Waals surface area contributed by atoms with Crippen LogP contribution in [0.2, 0.25) is 5.02 Å². The lowest BCUT2D eigenvalue weighted by Crippen LogP contribution is -2.01. The number of hydrogen-bond acceptors (Lipinski definition) is 1. The fourth-order valence-corrected chi connectivity index (χ4v) is 2.10. The van der Waals surface area contributed by atoms with E-state index in [1.54, 1.807) is 42.5 Å². The molecule has 1 nitrogen and oxygen atoms in total. The summed E-state index contributed by atoms with van der Waals surface area (Å²) in [6, 6.07) is 12.0.